The van der Waals surface area contributed by atoms with Crippen molar-refractivity contribution in [3.63, 3.8) is 0 Å². The van der Waals surface area contributed by atoms with Crippen molar-refractivity contribution in [3.8, 4) is 0 Å². The number of nitrogens with one attached hydrogen (secondary N) is 2. The van der Waals surface area contributed by atoms with Gasteiger partial charge in [-0.25, -0.2) is 8.78 Å². The predicted molar refractivity (Wildman–Crippen MR) is 108 cm³/mol. The zero-order chi connectivity index (χ0) is 19.8. The smallest absolute Gasteiger partial charge is 0.217 e. The fraction of sp³-hybridized carbons (Fsp3) is 0.381. The van der Waals surface area contributed by atoms with E-state index in [0.29, 0.717) is 12.1 Å². The molecule has 154 valence electrons. The molecule has 2 aromatic carbocycles. The van der Waals surface area contributed by atoms with Gasteiger partial charge in [-0.15, -0.1) is 12.4 Å². The van der Waals surface area contributed by atoms with Crippen LogP contribution >= 0.6 is 12.4 Å². The summed E-state index contributed by atoms with van der Waals surface area (Å²) < 4.78 is 26.8. The third-order valence-corrected chi connectivity index (χ3v) is 4.31. The van der Waals surface area contributed by atoms with Crippen molar-refractivity contribution in [2.24, 2.45) is 0 Å². The second-order valence-electron chi connectivity index (χ2n) is 6.66. The zero-order valence-corrected chi connectivity index (χ0v) is 16.9. The Balaban J connectivity index is 0.00000392. The molecule has 2 atom stereocenters. The number of hydrogen-bond donors (Lipinski definition) is 3. The minimum absolute atomic E-state index is 0. The van der Waals surface area contributed by atoms with E-state index >= 15 is 0 Å². The maximum absolute atomic E-state index is 13.4. The molecule has 0 aliphatic rings. The molecule has 3 N–H and O–H groups in total. The molecule has 28 heavy (non-hydrogen) atoms. The van der Waals surface area contributed by atoms with Gasteiger partial charge in [-0.2, -0.15) is 0 Å². The summed E-state index contributed by atoms with van der Waals surface area (Å²) in [4.78, 5) is 11.5. The average molecular weight is 413 g/mol. The minimum atomic E-state index is -0.908. The lowest BCUT2D eigenvalue weighted by Gasteiger charge is -2.24. The summed E-state index contributed by atoms with van der Waals surface area (Å²) in [6.45, 7) is 4.24. The van der Waals surface area contributed by atoms with Crippen LogP contribution in [0.1, 0.15) is 30.5 Å². The van der Waals surface area contributed by atoms with Gasteiger partial charge >= 0.3 is 0 Å². The van der Waals surface area contributed by atoms with Crippen LogP contribution in [0.25, 0.3) is 0 Å². The summed E-state index contributed by atoms with van der Waals surface area (Å²) in [7, 11) is 0. The van der Waals surface area contributed by atoms with Gasteiger partial charge in [0.25, 0.3) is 0 Å². The third-order valence-electron chi connectivity index (χ3n) is 4.31. The first-order valence-corrected chi connectivity index (χ1v) is 9.06. The van der Waals surface area contributed by atoms with Gasteiger partial charge in [-0.3, -0.25) is 4.79 Å². The highest BCUT2D eigenvalue weighted by Crippen LogP contribution is 2.12. The lowest BCUT2D eigenvalue weighted by atomic mass is 10.0. The molecule has 0 saturated carbocycles. The van der Waals surface area contributed by atoms with Crippen LogP contribution < -0.4 is 10.6 Å². The lowest BCUT2D eigenvalue weighted by Crippen LogP contribution is -2.48. The number of aliphatic hydroxyl groups is 1. The van der Waals surface area contributed by atoms with Crippen LogP contribution in [0.2, 0.25) is 0 Å². The normalized spacial score (nSPS) is 12.8. The highest BCUT2D eigenvalue weighted by Gasteiger charge is 2.21. The van der Waals surface area contributed by atoms with E-state index < -0.39 is 23.8 Å². The zero-order valence-electron chi connectivity index (χ0n) is 16.0. The van der Waals surface area contributed by atoms with Gasteiger partial charge in [-0.05, 0) is 41.7 Å². The Morgan fingerprint density at radius 1 is 1.07 bits per heavy atom. The first kappa shape index (κ1) is 24.0. The maximum Gasteiger partial charge on any atom is 0.217 e. The molecule has 0 fully saturated rings. The molecule has 0 aliphatic carbocycles. The molecular weight excluding hydrogens is 386 g/mol. The Hall–Kier alpha value is -2.02. The van der Waals surface area contributed by atoms with Crippen molar-refractivity contribution in [1.82, 2.24) is 10.6 Å². The summed E-state index contributed by atoms with van der Waals surface area (Å²) in [5.74, 6) is -1.68. The summed E-state index contributed by atoms with van der Waals surface area (Å²) >= 11 is 0. The summed E-state index contributed by atoms with van der Waals surface area (Å²) in [6.07, 6.45) is 0.169. The van der Waals surface area contributed by atoms with Crippen LogP contribution in [0, 0.1) is 11.6 Å². The molecule has 0 aliphatic heterocycles. The van der Waals surface area contributed by atoms with Crippen LogP contribution in [-0.4, -0.2) is 29.7 Å². The Morgan fingerprint density at radius 3 is 2.32 bits per heavy atom. The molecule has 2 rings (SSSR count). The molecule has 4 nitrogen and oxygen atoms in total. The summed E-state index contributed by atoms with van der Waals surface area (Å²) in [5, 5.41) is 16.3. The molecule has 2 aromatic rings. The third kappa shape index (κ3) is 7.92. The van der Waals surface area contributed by atoms with Gasteiger partial charge in [-0.1, -0.05) is 31.2 Å². The van der Waals surface area contributed by atoms with Crippen molar-refractivity contribution < 1.29 is 18.7 Å². The van der Waals surface area contributed by atoms with Crippen LogP contribution in [0.4, 0.5) is 8.78 Å². The van der Waals surface area contributed by atoms with E-state index in [1.807, 2.05) is 12.1 Å². The van der Waals surface area contributed by atoms with Gasteiger partial charge in [0, 0.05) is 26.1 Å². The molecule has 0 bridgehead atoms. The number of hydrogen-bond acceptors (Lipinski definition) is 3. The molecule has 0 heterocycles. The quantitative estimate of drug-likeness (QED) is 0.593. The van der Waals surface area contributed by atoms with E-state index in [0.717, 1.165) is 18.1 Å². The van der Waals surface area contributed by atoms with Crippen molar-refractivity contribution in [2.75, 3.05) is 6.54 Å². The molecule has 0 saturated heterocycles. The number of aliphatic hydroxyl groups excluding tert-OH is 1. The highest BCUT2D eigenvalue weighted by molar-refractivity contribution is 5.85. The molecule has 0 aromatic heterocycles. The second-order valence-corrected chi connectivity index (χ2v) is 6.66. The fourth-order valence-electron chi connectivity index (χ4n) is 2.99. The lowest BCUT2D eigenvalue weighted by molar-refractivity contribution is -0.120. The molecule has 0 unspecified atom stereocenters. The van der Waals surface area contributed by atoms with Crippen LogP contribution in [0.3, 0.4) is 0 Å². The number of benzene rings is 2. The maximum atomic E-state index is 13.4. The van der Waals surface area contributed by atoms with E-state index in [-0.39, 0.29) is 31.3 Å². The number of rotatable bonds is 9. The summed E-state index contributed by atoms with van der Waals surface area (Å²) in [6, 6.07) is 10.7. The van der Waals surface area contributed by atoms with Crippen molar-refractivity contribution in [3.05, 3.63) is 70.8 Å². The molecule has 7 heteroatoms. The predicted octanol–water partition coefficient (Wildman–Crippen LogP) is 3.15. The van der Waals surface area contributed by atoms with Crippen molar-refractivity contribution >= 4 is 18.3 Å². The first-order chi connectivity index (χ1) is 12.9. The van der Waals surface area contributed by atoms with Crippen molar-refractivity contribution in [2.45, 2.75) is 45.4 Å². The Bertz CT molecular complexity index is 754. The molecule has 0 radical (unpaired) electrons. The highest BCUT2D eigenvalue weighted by atomic mass is 35.5. The number of amides is 1. The number of aryl methyl sites for hydroxylation is 1. The minimum Gasteiger partial charge on any atom is -0.390 e. The van der Waals surface area contributed by atoms with Gasteiger partial charge in [0.1, 0.15) is 11.6 Å². The second kappa shape index (κ2) is 11.7. The van der Waals surface area contributed by atoms with E-state index in [2.05, 4.69) is 29.7 Å². The van der Waals surface area contributed by atoms with Crippen molar-refractivity contribution in [1.29, 1.82) is 0 Å². The average Bonchev–Trinajstić information content (AvgIpc) is 2.60. The largest absolute Gasteiger partial charge is 0.390 e. The summed E-state index contributed by atoms with van der Waals surface area (Å²) in [5.41, 5.74) is 2.71. The molecule has 1 amide bonds. The number of carbonyl (C=O) groups excluding carboxylic acids is 1. The SMILES string of the molecule is CCc1cccc(CNC[C@@H](O)[C@H](Cc2cc(F)cc(F)c2)NC(C)=O)c1.Cl. The standard InChI is InChI=1S/C21H26F2N2O2.ClH/c1-3-15-5-4-6-16(7-15)12-24-13-21(27)20(25-14(2)26)10-17-8-18(22)11-19(23)9-17;/h4-9,11,20-21,24,27H,3,10,12-13H2,1-2H3,(H,25,26);1H/t20-,21+;/m0./s1. The Labute approximate surface area is 170 Å². The molecular formula is C21H27ClF2N2O2. The van der Waals surface area contributed by atoms with Crippen LogP contribution in [0.15, 0.2) is 42.5 Å². The van der Waals surface area contributed by atoms with E-state index in [1.165, 1.54) is 24.6 Å². The van der Waals surface area contributed by atoms with E-state index in [9.17, 15) is 18.7 Å². The van der Waals surface area contributed by atoms with Gasteiger partial charge in [0.2, 0.25) is 5.91 Å². The molecule has 0 spiro atoms. The van der Waals surface area contributed by atoms with Gasteiger partial charge in [0.05, 0.1) is 12.1 Å². The topological polar surface area (TPSA) is 61.4 Å². The number of halogens is 3. The van der Waals surface area contributed by atoms with E-state index in [4.69, 9.17) is 0 Å². The monoisotopic (exact) mass is 412 g/mol. The van der Waals surface area contributed by atoms with Gasteiger partial charge in [0.15, 0.2) is 0 Å². The Kier molecular flexibility index (Phi) is 10.1. The van der Waals surface area contributed by atoms with Crippen LogP contribution in [0.5, 0.6) is 0 Å². The van der Waals surface area contributed by atoms with E-state index in [1.54, 1.807) is 0 Å². The Morgan fingerprint density at radius 2 is 1.71 bits per heavy atom. The number of carbonyl (C=O) groups is 1. The van der Waals surface area contributed by atoms with Crippen LogP contribution in [-0.2, 0) is 24.2 Å². The first-order valence-electron chi connectivity index (χ1n) is 9.06. The fourth-order valence-corrected chi connectivity index (χ4v) is 2.99. The van der Waals surface area contributed by atoms with Gasteiger partial charge < -0.3 is 15.7 Å².